The first-order valence-electron chi connectivity index (χ1n) is 8.61. The maximum absolute atomic E-state index is 12.1. The van der Waals surface area contributed by atoms with E-state index in [9.17, 15) is 9.59 Å². The van der Waals surface area contributed by atoms with Crippen LogP contribution in [0.25, 0.3) is 0 Å². The number of rotatable bonds is 9. The molecule has 2 N–H and O–H groups in total. The Morgan fingerprint density at radius 1 is 1.07 bits per heavy atom. The fourth-order valence-electron chi connectivity index (χ4n) is 2.38. The van der Waals surface area contributed by atoms with E-state index in [-0.39, 0.29) is 11.9 Å². The van der Waals surface area contributed by atoms with Crippen molar-refractivity contribution in [1.29, 1.82) is 0 Å². The largest absolute Gasteiger partial charge is 0.488 e. The van der Waals surface area contributed by atoms with Gasteiger partial charge in [0.15, 0.2) is 6.54 Å². The van der Waals surface area contributed by atoms with Crippen LogP contribution in [0.15, 0.2) is 48.5 Å². The van der Waals surface area contributed by atoms with E-state index in [1.54, 1.807) is 36.4 Å². The van der Waals surface area contributed by atoms with E-state index in [1.165, 1.54) is 7.11 Å². The fraction of sp³-hybridized carbons (Fsp3) is 0.300. The quantitative estimate of drug-likeness (QED) is 0.633. The molecule has 1 atom stereocenters. The molecule has 0 aromatic heterocycles. The number of ether oxygens (including phenoxy) is 2. The monoisotopic (exact) mass is 391 g/mol. The summed E-state index contributed by atoms with van der Waals surface area (Å²) in [6.45, 7) is 1.97. The van der Waals surface area contributed by atoms with E-state index in [0.717, 1.165) is 16.2 Å². The highest BCUT2D eigenvalue weighted by Gasteiger charge is 2.10. The minimum absolute atomic E-state index is 0.0453. The highest BCUT2D eigenvalue weighted by molar-refractivity contribution is 6.30. The fourth-order valence-corrected chi connectivity index (χ4v) is 2.50. The van der Waals surface area contributed by atoms with Crippen LogP contribution in [0.4, 0.5) is 0 Å². The lowest BCUT2D eigenvalue weighted by Gasteiger charge is -2.14. The van der Waals surface area contributed by atoms with Crippen molar-refractivity contribution in [3.63, 3.8) is 0 Å². The summed E-state index contributed by atoms with van der Waals surface area (Å²) in [4.78, 5) is 24.5. The van der Waals surface area contributed by atoms with Gasteiger partial charge in [0.25, 0.3) is 5.91 Å². The average molecular weight is 392 g/mol. The first-order valence-corrected chi connectivity index (χ1v) is 8.99. The Labute approximate surface area is 164 Å². The van der Waals surface area contributed by atoms with Crippen molar-refractivity contribution >= 4 is 23.5 Å². The van der Waals surface area contributed by atoms with Crippen molar-refractivity contribution in [2.24, 2.45) is 0 Å². The average Bonchev–Trinajstić information content (AvgIpc) is 2.67. The number of quaternary nitrogens is 1. The standard InChI is InChI=1S/C20H23ClN2O4/c1-23(11-12-27-18-9-7-17(21)8-10-18)14-19(24)22-13-15-3-5-16(6-4-15)20(25)26-2/h3-10H,11-14H2,1-2H3,(H,22,24)/p+1. The molecule has 27 heavy (non-hydrogen) atoms. The molecule has 1 amide bonds. The molecule has 0 fully saturated rings. The van der Waals surface area contributed by atoms with Crippen LogP contribution in [0.3, 0.4) is 0 Å². The Kier molecular flexibility index (Phi) is 8.10. The van der Waals surface area contributed by atoms with Gasteiger partial charge in [-0.1, -0.05) is 23.7 Å². The van der Waals surface area contributed by atoms with Gasteiger partial charge in [0.1, 0.15) is 18.9 Å². The number of carbonyl (C=O) groups is 2. The smallest absolute Gasteiger partial charge is 0.337 e. The van der Waals surface area contributed by atoms with Gasteiger partial charge in [-0.05, 0) is 42.0 Å². The van der Waals surface area contributed by atoms with Crippen LogP contribution in [-0.2, 0) is 16.1 Å². The predicted molar refractivity (Wildman–Crippen MR) is 103 cm³/mol. The zero-order valence-corrected chi connectivity index (χ0v) is 16.2. The maximum atomic E-state index is 12.1. The lowest BCUT2D eigenvalue weighted by molar-refractivity contribution is -0.871. The molecule has 0 aliphatic rings. The molecule has 0 saturated heterocycles. The summed E-state index contributed by atoms with van der Waals surface area (Å²) < 4.78 is 10.3. The first kappa shape index (κ1) is 20.7. The molecule has 7 heteroatoms. The number of carbonyl (C=O) groups excluding carboxylic acids is 2. The molecule has 144 valence electrons. The normalized spacial score (nSPS) is 11.5. The lowest BCUT2D eigenvalue weighted by atomic mass is 10.1. The number of esters is 1. The van der Waals surface area contributed by atoms with Crippen molar-refractivity contribution < 1.29 is 24.0 Å². The van der Waals surface area contributed by atoms with Crippen molar-refractivity contribution in [1.82, 2.24) is 5.32 Å². The summed E-state index contributed by atoms with van der Waals surface area (Å²) in [6, 6.07) is 14.1. The van der Waals surface area contributed by atoms with Crippen LogP contribution in [-0.4, -0.2) is 45.7 Å². The number of hydrogen-bond acceptors (Lipinski definition) is 4. The highest BCUT2D eigenvalue weighted by atomic mass is 35.5. The lowest BCUT2D eigenvalue weighted by Crippen LogP contribution is -3.10. The number of nitrogens with one attached hydrogen (secondary N) is 2. The number of halogens is 1. The summed E-state index contributed by atoms with van der Waals surface area (Å²) in [5, 5.41) is 3.54. The van der Waals surface area contributed by atoms with Gasteiger partial charge in [-0.25, -0.2) is 4.79 Å². The third kappa shape index (κ3) is 7.29. The Morgan fingerprint density at radius 3 is 2.37 bits per heavy atom. The third-order valence-corrected chi connectivity index (χ3v) is 4.19. The molecule has 0 aliphatic carbocycles. The molecular weight excluding hydrogens is 368 g/mol. The summed E-state index contributed by atoms with van der Waals surface area (Å²) in [7, 11) is 3.28. The molecule has 0 saturated carbocycles. The molecule has 6 nitrogen and oxygen atoms in total. The molecule has 2 aromatic carbocycles. The maximum Gasteiger partial charge on any atom is 0.337 e. The van der Waals surface area contributed by atoms with Gasteiger partial charge in [-0.3, -0.25) is 4.79 Å². The summed E-state index contributed by atoms with van der Waals surface area (Å²) in [5.74, 6) is 0.333. The number of likely N-dealkylation sites (N-methyl/N-ethyl adjacent to an activating group) is 1. The predicted octanol–water partition coefficient (Wildman–Crippen LogP) is 1.34. The van der Waals surface area contributed by atoms with Gasteiger partial charge in [0, 0.05) is 11.6 Å². The van der Waals surface area contributed by atoms with Crippen LogP contribution in [0.5, 0.6) is 5.75 Å². The van der Waals surface area contributed by atoms with Gasteiger partial charge in [-0.2, -0.15) is 0 Å². The zero-order chi connectivity index (χ0) is 19.6. The molecule has 1 unspecified atom stereocenters. The van der Waals surface area contributed by atoms with Crippen molar-refractivity contribution in [3.05, 3.63) is 64.7 Å². The second-order valence-electron chi connectivity index (χ2n) is 6.15. The number of hydrogen-bond donors (Lipinski definition) is 2. The summed E-state index contributed by atoms with van der Waals surface area (Å²) in [5.41, 5.74) is 1.40. The highest BCUT2D eigenvalue weighted by Crippen LogP contribution is 2.14. The molecule has 0 spiro atoms. The van der Waals surface area contributed by atoms with Crippen LogP contribution in [0.2, 0.25) is 5.02 Å². The molecular formula is C20H24ClN2O4+. The van der Waals surface area contributed by atoms with Crippen LogP contribution < -0.4 is 15.0 Å². The third-order valence-electron chi connectivity index (χ3n) is 3.94. The van der Waals surface area contributed by atoms with E-state index >= 15 is 0 Å². The molecule has 2 rings (SSSR count). The number of benzene rings is 2. The van der Waals surface area contributed by atoms with Gasteiger partial charge >= 0.3 is 5.97 Å². The molecule has 0 radical (unpaired) electrons. The summed E-state index contributed by atoms with van der Waals surface area (Å²) in [6.07, 6.45) is 0. The Morgan fingerprint density at radius 2 is 1.74 bits per heavy atom. The van der Waals surface area contributed by atoms with Gasteiger partial charge in [-0.15, -0.1) is 0 Å². The van der Waals surface area contributed by atoms with Crippen LogP contribution >= 0.6 is 11.6 Å². The second-order valence-corrected chi connectivity index (χ2v) is 6.59. The Balaban J connectivity index is 1.67. The van der Waals surface area contributed by atoms with Gasteiger partial charge in [0.2, 0.25) is 0 Å². The number of methoxy groups -OCH3 is 1. The zero-order valence-electron chi connectivity index (χ0n) is 15.5. The van der Waals surface area contributed by atoms with E-state index in [4.69, 9.17) is 16.3 Å². The van der Waals surface area contributed by atoms with Crippen molar-refractivity contribution in [2.75, 3.05) is 33.9 Å². The molecule has 2 aromatic rings. The molecule has 0 bridgehead atoms. The van der Waals surface area contributed by atoms with Crippen molar-refractivity contribution in [2.45, 2.75) is 6.54 Å². The van der Waals surface area contributed by atoms with Gasteiger partial charge < -0.3 is 19.7 Å². The van der Waals surface area contributed by atoms with E-state index in [2.05, 4.69) is 10.1 Å². The summed E-state index contributed by atoms with van der Waals surface area (Å²) >= 11 is 5.83. The number of amides is 1. The Bertz CT molecular complexity index is 748. The second kappa shape index (κ2) is 10.5. The minimum atomic E-state index is -0.378. The topological polar surface area (TPSA) is 69.1 Å². The minimum Gasteiger partial charge on any atom is -0.488 e. The van der Waals surface area contributed by atoms with E-state index < -0.39 is 0 Å². The van der Waals surface area contributed by atoms with Crippen LogP contribution in [0, 0.1) is 0 Å². The van der Waals surface area contributed by atoms with E-state index in [1.807, 2.05) is 19.2 Å². The van der Waals surface area contributed by atoms with Gasteiger partial charge in [0.05, 0.1) is 19.7 Å². The van der Waals surface area contributed by atoms with Crippen LogP contribution in [0.1, 0.15) is 15.9 Å². The SMILES string of the molecule is COC(=O)c1ccc(CNC(=O)C[NH+](C)CCOc2ccc(Cl)cc2)cc1. The molecule has 0 aliphatic heterocycles. The van der Waals surface area contributed by atoms with Crippen molar-refractivity contribution in [3.8, 4) is 5.75 Å². The van der Waals surface area contributed by atoms with E-state index in [0.29, 0.717) is 36.8 Å². The Hall–Kier alpha value is -2.57. The molecule has 0 heterocycles. The first-order chi connectivity index (χ1) is 13.0.